The summed E-state index contributed by atoms with van der Waals surface area (Å²) in [5, 5.41) is 21.8. The van der Waals surface area contributed by atoms with Crippen molar-refractivity contribution >= 4 is 28.8 Å². The van der Waals surface area contributed by atoms with Gasteiger partial charge in [-0.25, -0.2) is 4.79 Å². The molecule has 214 valence electrons. The monoisotopic (exact) mass is 562 g/mol. The minimum absolute atomic E-state index is 0.0327. The number of H-pyrrole nitrogens is 1. The number of benzene rings is 2. The minimum atomic E-state index is -2.48. The summed E-state index contributed by atoms with van der Waals surface area (Å²) in [7, 11) is 4.06. The van der Waals surface area contributed by atoms with Crippen LogP contribution in [0.5, 0.6) is 5.75 Å². The summed E-state index contributed by atoms with van der Waals surface area (Å²) in [5.74, 6) is -5.60. The van der Waals surface area contributed by atoms with Crippen molar-refractivity contribution in [3.05, 3.63) is 65.4 Å². The molecule has 1 aliphatic carbocycles. The van der Waals surface area contributed by atoms with Crippen LogP contribution in [0.1, 0.15) is 61.4 Å². The van der Waals surface area contributed by atoms with Gasteiger partial charge in [-0.3, -0.25) is 19.2 Å². The highest BCUT2D eigenvalue weighted by Gasteiger charge is 2.68. The average molecular weight is 563 g/mol. The quantitative estimate of drug-likeness (QED) is 0.398. The van der Waals surface area contributed by atoms with E-state index in [0.717, 1.165) is 5.56 Å². The van der Waals surface area contributed by atoms with Crippen LogP contribution in [0, 0.1) is 0 Å². The summed E-state index contributed by atoms with van der Waals surface area (Å²) >= 11 is 0. The van der Waals surface area contributed by atoms with Crippen molar-refractivity contribution in [3.8, 4) is 5.75 Å². The molecule has 0 radical (unpaired) electrons. The van der Waals surface area contributed by atoms with E-state index in [-0.39, 0.29) is 11.3 Å². The van der Waals surface area contributed by atoms with Crippen LogP contribution in [0.2, 0.25) is 0 Å². The number of phenols is 1. The Bertz CT molecular complexity index is 1590. The second kappa shape index (κ2) is 8.54. The lowest BCUT2D eigenvalue weighted by atomic mass is 9.67. The fourth-order valence-electron chi connectivity index (χ4n) is 7.13. The van der Waals surface area contributed by atoms with Gasteiger partial charge in [-0.1, -0.05) is 30.3 Å². The summed E-state index contributed by atoms with van der Waals surface area (Å²) in [4.78, 5) is 45.0. The molecule has 3 fully saturated rings. The molecular weight excluding hydrogens is 532 g/mol. The molecule has 1 saturated carbocycles. The molecule has 2 spiro atoms. The first-order chi connectivity index (χ1) is 19.5. The molecule has 0 amide bonds. The molecule has 2 bridgehead atoms. The van der Waals surface area contributed by atoms with Gasteiger partial charge in [0.25, 0.3) is 0 Å². The second-order valence-electron chi connectivity index (χ2n) is 11.8. The van der Waals surface area contributed by atoms with Crippen LogP contribution in [0.15, 0.2) is 48.5 Å². The van der Waals surface area contributed by atoms with Gasteiger partial charge in [0.15, 0.2) is 5.60 Å². The predicted octanol–water partition coefficient (Wildman–Crippen LogP) is 2.99. The minimum Gasteiger partial charge on any atom is -0.508 e. The van der Waals surface area contributed by atoms with Gasteiger partial charge in [-0.2, -0.15) is 0 Å². The summed E-state index contributed by atoms with van der Waals surface area (Å²) in [6, 6.07) is 14.9. The number of carbonyl (C=O) groups is 3. The van der Waals surface area contributed by atoms with E-state index in [1.165, 1.54) is 12.1 Å². The number of rotatable bonds is 2. The van der Waals surface area contributed by atoms with Gasteiger partial charge < -0.3 is 29.4 Å². The van der Waals surface area contributed by atoms with Crippen molar-refractivity contribution in [3.63, 3.8) is 0 Å². The second-order valence-corrected chi connectivity index (χ2v) is 11.8. The molecule has 2 aromatic carbocycles. The van der Waals surface area contributed by atoms with Crippen LogP contribution < -0.4 is 0 Å². The summed E-state index contributed by atoms with van der Waals surface area (Å²) in [6.07, 6.45) is -1.01. The Kier molecular flexibility index (Phi) is 5.42. The standard InChI is InChI=1S/C30H30N2O9/c1-32(2)27(17-6-4-3-5-7-17)10-12-29(13-11-27)24-23(19-14-18(33)8-9-20(19)31-24)25-30(41-29)39-22(35)16-28(37,26(36)40-30)15-21(34)38-25/h3-9,14,25,31,33,37H,10-13,15-16H2,1-2H3. The molecule has 4 aliphatic rings. The Hall–Kier alpha value is -3.93. The molecule has 11 heteroatoms. The third kappa shape index (κ3) is 3.65. The number of ether oxygens (including phenoxy) is 4. The van der Waals surface area contributed by atoms with E-state index in [0.29, 0.717) is 47.8 Å². The van der Waals surface area contributed by atoms with E-state index in [2.05, 4.69) is 22.0 Å². The van der Waals surface area contributed by atoms with Crippen LogP contribution in [-0.4, -0.2) is 63.7 Å². The molecule has 3 aliphatic heterocycles. The van der Waals surface area contributed by atoms with Gasteiger partial charge in [0.1, 0.15) is 11.4 Å². The van der Waals surface area contributed by atoms with Crippen molar-refractivity contribution < 1.29 is 43.5 Å². The van der Waals surface area contributed by atoms with Crippen molar-refractivity contribution in [2.24, 2.45) is 0 Å². The van der Waals surface area contributed by atoms with Gasteiger partial charge in [0, 0.05) is 22.0 Å². The average Bonchev–Trinajstić information content (AvgIpc) is 3.28. The van der Waals surface area contributed by atoms with Gasteiger partial charge >= 0.3 is 23.9 Å². The number of aliphatic hydroxyl groups is 1. The molecular formula is C30H30N2O9. The highest BCUT2D eigenvalue weighted by atomic mass is 16.9. The van der Waals surface area contributed by atoms with Crippen molar-refractivity contribution in [1.82, 2.24) is 9.88 Å². The van der Waals surface area contributed by atoms with Crippen LogP contribution in [0.3, 0.4) is 0 Å². The molecule has 2 saturated heterocycles. The molecule has 11 nitrogen and oxygen atoms in total. The van der Waals surface area contributed by atoms with Gasteiger partial charge in [-0.05, 0) is 63.5 Å². The first kappa shape index (κ1) is 26.0. The highest BCUT2D eigenvalue weighted by molar-refractivity contribution is 5.93. The van der Waals surface area contributed by atoms with Crippen LogP contribution in [0.25, 0.3) is 10.9 Å². The summed E-state index contributed by atoms with van der Waals surface area (Å²) < 4.78 is 23.9. The normalized spacial score (nSPS) is 34.7. The van der Waals surface area contributed by atoms with Crippen molar-refractivity contribution in [2.75, 3.05) is 14.1 Å². The number of nitrogens with one attached hydrogen (secondary N) is 1. The number of carbonyl (C=O) groups excluding carboxylic acids is 3. The fourth-order valence-corrected chi connectivity index (χ4v) is 7.13. The molecule has 3 N–H and O–H groups in total. The van der Waals surface area contributed by atoms with E-state index in [1.54, 1.807) is 6.07 Å². The SMILES string of the molecule is CN(C)C1(c2ccccc2)CCC2(CC1)OC13OC(=O)CC(O)(CC(=O)OC1c1c2[nH]c2ccc(O)cc12)C(=O)O3. The van der Waals surface area contributed by atoms with E-state index < -0.39 is 54.0 Å². The Morgan fingerprint density at radius 2 is 1.63 bits per heavy atom. The van der Waals surface area contributed by atoms with Crippen LogP contribution in [0.4, 0.5) is 0 Å². The number of hydrogen-bond acceptors (Lipinski definition) is 10. The largest absolute Gasteiger partial charge is 0.508 e. The summed E-state index contributed by atoms with van der Waals surface area (Å²) in [6.45, 7) is 0. The van der Waals surface area contributed by atoms with Crippen LogP contribution in [-0.2, 0) is 44.5 Å². The number of aromatic nitrogens is 1. The lowest BCUT2D eigenvalue weighted by Crippen LogP contribution is -2.60. The number of aromatic amines is 1. The number of nitrogens with zero attached hydrogens (tertiary/aromatic N) is 1. The molecule has 1 aromatic heterocycles. The van der Waals surface area contributed by atoms with Gasteiger partial charge in [0.05, 0.1) is 18.5 Å². The smallest absolute Gasteiger partial charge is 0.421 e. The zero-order valence-corrected chi connectivity index (χ0v) is 22.6. The maximum Gasteiger partial charge on any atom is 0.421 e. The van der Waals surface area contributed by atoms with E-state index in [1.807, 2.05) is 32.3 Å². The van der Waals surface area contributed by atoms with Gasteiger partial charge in [0.2, 0.25) is 6.10 Å². The number of hydrogen-bond donors (Lipinski definition) is 3. The molecule has 3 aromatic rings. The third-order valence-corrected chi connectivity index (χ3v) is 9.24. The summed E-state index contributed by atoms with van der Waals surface area (Å²) in [5.41, 5.74) is -1.19. The topological polar surface area (TPSA) is 148 Å². The fraction of sp³-hybridized carbons (Fsp3) is 0.433. The van der Waals surface area contributed by atoms with Crippen LogP contribution >= 0.6 is 0 Å². The highest BCUT2D eigenvalue weighted by Crippen LogP contribution is 2.60. The van der Waals surface area contributed by atoms with E-state index in [4.69, 9.17) is 18.9 Å². The number of esters is 3. The Labute approximate surface area is 234 Å². The third-order valence-electron chi connectivity index (χ3n) is 9.24. The van der Waals surface area contributed by atoms with Crippen molar-refractivity contribution in [1.29, 1.82) is 0 Å². The predicted molar refractivity (Wildman–Crippen MR) is 141 cm³/mol. The van der Waals surface area contributed by atoms with E-state index >= 15 is 0 Å². The lowest BCUT2D eigenvalue weighted by Gasteiger charge is -2.54. The molecule has 3 unspecified atom stereocenters. The maximum atomic E-state index is 13.3. The lowest BCUT2D eigenvalue weighted by molar-refractivity contribution is -0.427. The zero-order chi connectivity index (χ0) is 28.8. The molecule has 3 atom stereocenters. The Balaban J connectivity index is 1.43. The zero-order valence-electron chi connectivity index (χ0n) is 22.6. The first-order valence-corrected chi connectivity index (χ1v) is 13.6. The Morgan fingerprint density at radius 1 is 0.927 bits per heavy atom. The van der Waals surface area contributed by atoms with Crippen molar-refractivity contribution in [2.45, 2.75) is 67.3 Å². The molecule has 4 heterocycles. The van der Waals surface area contributed by atoms with Gasteiger partial charge in [-0.15, -0.1) is 0 Å². The first-order valence-electron chi connectivity index (χ1n) is 13.6. The molecule has 41 heavy (non-hydrogen) atoms. The van der Waals surface area contributed by atoms with E-state index in [9.17, 15) is 24.6 Å². The number of fused-ring (bicyclic) bond motifs is 7. The maximum absolute atomic E-state index is 13.3. The number of aromatic hydroxyl groups is 1. The number of phenolic OH excluding ortho intramolecular Hbond substituents is 1. The Morgan fingerprint density at radius 3 is 2.34 bits per heavy atom. The molecule has 7 rings (SSSR count).